The second-order valence-corrected chi connectivity index (χ2v) is 5.18. The maximum Gasteiger partial charge on any atom is 0.222 e. The van der Waals surface area contributed by atoms with Crippen LogP contribution in [0, 0.1) is 0 Å². The Balaban J connectivity index is 1.92. The molecule has 2 aromatic rings. The van der Waals surface area contributed by atoms with Gasteiger partial charge in [0, 0.05) is 25.4 Å². The molecule has 1 aliphatic rings. The minimum Gasteiger partial charge on any atom is -0.363 e. The Morgan fingerprint density at radius 2 is 2.37 bits per heavy atom. The van der Waals surface area contributed by atoms with Crippen molar-refractivity contribution in [2.24, 2.45) is 0 Å². The van der Waals surface area contributed by atoms with Crippen molar-refractivity contribution < 1.29 is 4.79 Å². The first-order valence-electron chi connectivity index (χ1n) is 6.51. The molecule has 1 saturated heterocycles. The van der Waals surface area contributed by atoms with Crippen molar-refractivity contribution >= 4 is 17.2 Å². The van der Waals surface area contributed by atoms with Crippen LogP contribution >= 0.6 is 0 Å². The fourth-order valence-electron chi connectivity index (χ4n) is 2.23. The third-order valence-corrected chi connectivity index (χ3v) is 3.32. The number of nitrogens with one attached hydrogen (secondary N) is 2. The van der Waals surface area contributed by atoms with Gasteiger partial charge in [-0.05, 0) is 12.0 Å². The number of fused-ring (bicyclic) bond motifs is 1. The minimum atomic E-state index is 0.0841. The summed E-state index contributed by atoms with van der Waals surface area (Å²) < 4.78 is 1.83. The van der Waals surface area contributed by atoms with Gasteiger partial charge in [-0.3, -0.25) is 4.79 Å². The zero-order valence-corrected chi connectivity index (χ0v) is 11.1. The fourth-order valence-corrected chi connectivity index (χ4v) is 2.23. The SMILES string of the molecule is CC(C)c1cc2c(NC3CNC(=O)C3)nccn2n1. The van der Waals surface area contributed by atoms with Crippen LogP contribution in [-0.2, 0) is 4.79 Å². The highest BCUT2D eigenvalue weighted by Gasteiger charge is 2.22. The van der Waals surface area contributed by atoms with E-state index in [4.69, 9.17) is 0 Å². The van der Waals surface area contributed by atoms with Crippen LogP contribution in [0.25, 0.3) is 5.52 Å². The van der Waals surface area contributed by atoms with E-state index in [1.807, 2.05) is 16.8 Å². The normalized spacial score (nSPS) is 19.1. The van der Waals surface area contributed by atoms with E-state index in [-0.39, 0.29) is 11.9 Å². The molecule has 1 amide bonds. The smallest absolute Gasteiger partial charge is 0.222 e. The molecule has 2 aromatic heterocycles. The maximum absolute atomic E-state index is 11.2. The molecule has 6 heteroatoms. The van der Waals surface area contributed by atoms with Crippen LogP contribution in [0.15, 0.2) is 18.5 Å². The van der Waals surface area contributed by atoms with Gasteiger partial charge in [-0.2, -0.15) is 5.10 Å². The van der Waals surface area contributed by atoms with Crippen LogP contribution in [-0.4, -0.2) is 33.1 Å². The number of hydrogen-bond acceptors (Lipinski definition) is 4. The van der Waals surface area contributed by atoms with Crippen molar-refractivity contribution in [2.45, 2.75) is 32.2 Å². The zero-order valence-electron chi connectivity index (χ0n) is 11.1. The van der Waals surface area contributed by atoms with Crippen LogP contribution in [0.3, 0.4) is 0 Å². The molecule has 1 fully saturated rings. The number of aromatic nitrogens is 3. The van der Waals surface area contributed by atoms with Gasteiger partial charge < -0.3 is 10.6 Å². The summed E-state index contributed by atoms with van der Waals surface area (Å²) in [6.07, 6.45) is 4.05. The van der Waals surface area contributed by atoms with Gasteiger partial charge in [0.05, 0.1) is 11.7 Å². The summed E-state index contributed by atoms with van der Waals surface area (Å²) in [5.41, 5.74) is 1.99. The summed E-state index contributed by atoms with van der Waals surface area (Å²) in [6, 6.07) is 2.15. The van der Waals surface area contributed by atoms with Crippen molar-refractivity contribution in [1.82, 2.24) is 19.9 Å². The molecule has 0 radical (unpaired) electrons. The van der Waals surface area contributed by atoms with E-state index >= 15 is 0 Å². The van der Waals surface area contributed by atoms with Crippen molar-refractivity contribution in [3.63, 3.8) is 0 Å². The summed E-state index contributed by atoms with van der Waals surface area (Å²) in [4.78, 5) is 15.6. The Hall–Kier alpha value is -2.11. The largest absolute Gasteiger partial charge is 0.363 e. The van der Waals surface area contributed by atoms with Gasteiger partial charge in [0.2, 0.25) is 5.91 Å². The fraction of sp³-hybridized carbons (Fsp3) is 0.462. The summed E-state index contributed by atoms with van der Waals surface area (Å²) in [5, 5.41) is 10.6. The highest BCUT2D eigenvalue weighted by atomic mass is 16.1. The van der Waals surface area contributed by atoms with E-state index in [2.05, 4.69) is 34.6 Å². The first-order chi connectivity index (χ1) is 9.13. The Labute approximate surface area is 111 Å². The average molecular weight is 259 g/mol. The predicted molar refractivity (Wildman–Crippen MR) is 72.1 cm³/mol. The van der Waals surface area contributed by atoms with E-state index < -0.39 is 0 Å². The Morgan fingerprint density at radius 1 is 1.53 bits per heavy atom. The van der Waals surface area contributed by atoms with Crippen molar-refractivity contribution in [3.05, 3.63) is 24.2 Å². The Bertz CT molecular complexity index is 619. The van der Waals surface area contributed by atoms with E-state index in [1.54, 1.807) is 6.20 Å². The molecule has 0 saturated carbocycles. The highest BCUT2D eigenvalue weighted by molar-refractivity contribution is 5.80. The molecule has 0 aromatic carbocycles. The first-order valence-corrected chi connectivity index (χ1v) is 6.51. The van der Waals surface area contributed by atoms with Crippen molar-refractivity contribution in [1.29, 1.82) is 0 Å². The second-order valence-electron chi connectivity index (χ2n) is 5.18. The molecule has 1 atom stereocenters. The number of carbonyl (C=O) groups is 1. The van der Waals surface area contributed by atoms with Gasteiger partial charge in [0.15, 0.2) is 5.82 Å². The molecule has 3 heterocycles. The van der Waals surface area contributed by atoms with Crippen molar-refractivity contribution in [3.8, 4) is 0 Å². The number of amides is 1. The van der Waals surface area contributed by atoms with Gasteiger partial charge >= 0.3 is 0 Å². The third-order valence-electron chi connectivity index (χ3n) is 3.32. The lowest BCUT2D eigenvalue weighted by atomic mass is 10.1. The van der Waals surface area contributed by atoms with Crippen LogP contribution in [0.5, 0.6) is 0 Å². The molecule has 1 aliphatic heterocycles. The molecular formula is C13H17N5O. The topological polar surface area (TPSA) is 71.3 Å². The monoisotopic (exact) mass is 259 g/mol. The summed E-state index contributed by atoms with van der Waals surface area (Å²) in [6.45, 7) is 4.87. The molecule has 2 N–H and O–H groups in total. The van der Waals surface area contributed by atoms with Gasteiger partial charge in [0.1, 0.15) is 5.52 Å². The Morgan fingerprint density at radius 3 is 3.05 bits per heavy atom. The quantitative estimate of drug-likeness (QED) is 0.867. The molecule has 3 rings (SSSR count). The maximum atomic E-state index is 11.2. The lowest BCUT2D eigenvalue weighted by molar-refractivity contribution is -0.119. The predicted octanol–water partition coefficient (Wildman–Crippen LogP) is 1.15. The minimum absolute atomic E-state index is 0.0841. The first kappa shape index (κ1) is 12.0. The molecule has 100 valence electrons. The standard InChI is InChI=1S/C13H17N5O/c1-8(2)10-6-11-13(14-3-4-18(11)17-10)16-9-5-12(19)15-7-9/h3-4,6,8-9H,5,7H2,1-2H3,(H,14,16)(H,15,19). The lowest BCUT2D eigenvalue weighted by Crippen LogP contribution is -2.23. The number of rotatable bonds is 3. The number of hydrogen-bond donors (Lipinski definition) is 2. The summed E-state index contributed by atoms with van der Waals surface area (Å²) in [5.74, 6) is 1.24. The van der Waals surface area contributed by atoms with Crippen LogP contribution in [0.4, 0.5) is 5.82 Å². The zero-order chi connectivity index (χ0) is 13.4. The molecule has 0 bridgehead atoms. The average Bonchev–Trinajstić information content (AvgIpc) is 2.96. The summed E-state index contributed by atoms with van der Waals surface area (Å²) in [7, 11) is 0. The number of anilines is 1. The van der Waals surface area contributed by atoms with E-state index in [9.17, 15) is 4.79 Å². The van der Waals surface area contributed by atoms with Gasteiger partial charge in [-0.1, -0.05) is 13.8 Å². The van der Waals surface area contributed by atoms with E-state index in [0.717, 1.165) is 17.0 Å². The molecule has 1 unspecified atom stereocenters. The molecule has 0 aliphatic carbocycles. The van der Waals surface area contributed by atoms with E-state index in [1.165, 1.54) is 0 Å². The van der Waals surface area contributed by atoms with Crippen LogP contribution in [0.2, 0.25) is 0 Å². The summed E-state index contributed by atoms with van der Waals surface area (Å²) >= 11 is 0. The van der Waals surface area contributed by atoms with Crippen molar-refractivity contribution in [2.75, 3.05) is 11.9 Å². The van der Waals surface area contributed by atoms with Gasteiger partial charge in [-0.15, -0.1) is 0 Å². The Kier molecular flexibility index (Phi) is 2.85. The molecular weight excluding hydrogens is 242 g/mol. The van der Waals surface area contributed by atoms with E-state index in [0.29, 0.717) is 18.9 Å². The number of nitrogens with zero attached hydrogens (tertiary/aromatic N) is 3. The number of carbonyl (C=O) groups excluding carboxylic acids is 1. The third kappa shape index (κ3) is 2.25. The van der Waals surface area contributed by atoms with Crippen LogP contribution < -0.4 is 10.6 Å². The molecule has 6 nitrogen and oxygen atoms in total. The van der Waals surface area contributed by atoms with Gasteiger partial charge in [0.25, 0.3) is 0 Å². The lowest BCUT2D eigenvalue weighted by Gasteiger charge is -2.11. The molecule has 19 heavy (non-hydrogen) atoms. The second kappa shape index (κ2) is 4.53. The molecule has 0 spiro atoms. The highest BCUT2D eigenvalue weighted by Crippen LogP contribution is 2.21. The van der Waals surface area contributed by atoms with Gasteiger partial charge in [-0.25, -0.2) is 9.50 Å². The van der Waals surface area contributed by atoms with Crippen LogP contribution in [0.1, 0.15) is 31.9 Å².